The molecule has 0 aromatic heterocycles. The van der Waals surface area contributed by atoms with Crippen LogP contribution in [0.5, 0.6) is 0 Å². The van der Waals surface area contributed by atoms with Crippen LogP contribution in [0.3, 0.4) is 0 Å². The van der Waals surface area contributed by atoms with Gasteiger partial charge in [0.15, 0.2) is 0 Å². The molecule has 0 amide bonds. The lowest BCUT2D eigenvalue weighted by molar-refractivity contribution is 0.590. The fourth-order valence-electron chi connectivity index (χ4n) is 1.29. The van der Waals surface area contributed by atoms with E-state index in [1.165, 1.54) is 6.07 Å². The minimum absolute atomic E-state index is 0.239. The highest BCUT2D eigenvalue weighted by atomic mass is 79.9. The van der Waals surface area contributed by atoms with E-state index in [9.17, 15) is 4.39 Å². The maximum absolute atomic E-state index is 13.3. The second-order valence-corrected chi connectivity index (χ2v) is 3.82. The highest BCUT2D eigenvalue weighted by molar-refractivity contribution is 9.10. The number of nitrogens with two attached hydrogens (primary N) is 1. The van der Waals surface area contributed by atoms with Crippen molar-refractivity contribution in [2.45, 2.75) is 19.9 Å². The van der Waals surface area contributed by atoms with E-state index < -0.39 is 0 Å². The van der Waals surface area contributed by atoms with Crippen LogP contribution in [-0.2, 0) is 0 Å². The fourth-order valence-corrected chi connectivity index (χ4v) is 1.83. The molecule has 0 heterocycles. The summed E-state index contributed by atoms with van der Waals surface area (Å²) in [4.78, 5) is 0. The third-order valence-electron chi connectivity index (χ3n) is 1.76. The molecular formula is C9H11BrFN. The van der Waals surface area contributed by atoms with Crippen molar-refractivity contribution in [3.05, 3.63) is 33.5 Å². The zero-order valence-electron chi connectivity index (χ0n) is 7.07. The highest BCUT2D eigenvalue weighted by Gasteiger charge is 2.10. The van der Waals surface area contributed by atoms with Gasteiger partial charge in [0, 0.05) is 16.1 Å². The van der Waals surface area contributed by atoms with E-state index in [4.69, 9.17) is 5.73 Å². The molecule has 0 unspecified atom stereocenters. The molecular weight excluding hydrogens is 221 g/mol. The molecule has 0 saturated carbocycles. The molecule has 3 heteroatoms. The van der Waals surface area contributed by atoms with Crippen molar-refractivity contribution >= 4 is 15.9 Å². The lowest BCUT2D eigenvalue weighted by Crippen LogP contribution is -2.09. The van der Waals surface area contributed by atoms with Crippen molar-refractivity contribution < 1.29 is 4.39 Å². The smallest absolute Gasteiger partial charge is 0.129 e. The molecule has 1 rings (SSSR count). The second kappa shape index (κ2) is 3.54. The SMILES string of the molecule is Cc1cc(Br)cc(F)c1[C@@H](C)N. The van der Waals surface area contributed by atoms with Crippen molar-refractivity contribution in [3.8, 4) is 0 Å². The summed E-state index contributed by atoms with van der Waals surface area (Å²) in [7, 11) is 0. The summed E-state index contributed by atoms with van der Waals surface area (Å²) in [5.74, 6) is -0.239. The van der Waals surface area contributed by atoms with E-state index in [-0.39, 0.29) is 11.9 Å². The Labute approximate surface area is 79.9 Å². The molecule has 0 radical (unpaired) electrons. The van der Waals surface area contributed by atoms with Gasteiger partial charge in [-0.25, -0.2) is 4.39 Å². The van der Waals surface area contributed by atoms with Gasteiger partial charge in [0.05, 0.1) is 0 Å². The van der Waals surface area contributed by atoms with Crippen molar-refractivity contribution in [2.75, 3.05) is 0 Å². The topological polar surface area (TPSA) is 26.0 Å². The van der Waals surface area contributed by atoms with Gasteiger partial charge in [0.1, 0.15) is 5.82 Å². The first-order valence-corrected chi connectivity index (χ1v) is 4.53. The van der Waals surface area contributed by atoms with Gasteiger partial charge in [-0.1, -0.05) is 15.9 Å². The Morgan fingerprint density at radius 1 is 1.50 bits per heavy atom. The normalized spacial score (nSPS) is 13.1. The van der Waals surface area contributed by atoms with Crippen molar-refractivity contribution in [2.24, 2.45) is 5.73 Å². The van der Waals surface area contributed by atoms with Crippen molar-refractivity contribution in [1.82, 2.24) is 0 Å². The maximum Gasteiger partial charge on any atom is 0.129 e. The minimum atomic E-state index is -0.252. The van der Waals surface area contributed by atoms with Crippen LogP contribution in [0.15, 0.2) is 16.6 Å². The monoisotopic (exact) mass is 231 g/mol. The van der Waals surface area contributed by atoms with Crippen LogP contribution in [0.2, 0.25) is 0 Å². The van der Waals surface area contributed by atoms with E-state index in [2.05, 4.69) is 15.9 Å². The first-order chi connectivity index (χ1) is 5.52. The van der Waals surface area contributed by atoms with Gasteiger partial charge in [-0.15, -0.1) is 0 Å². The summed E-state index contributed by atoms with van der Waals surface area (Å²) < 4.78 is 14.0. The molecule has 2 N–H and O–H groups in total. The van der Waals surface area contributed by atoms with Crippen LogP contribution in [0.1, 0.15) is 24.1 Å². The Balaban J connectivity index is 3.28. The molecule has 1 aromatic carbocycles. The van der Waals surface area contributed by atoms with Crippen LogP contribution in [0.25, 0.3) is 0 Å². The fraction of sp³-hybridized carbons (Fsp3) is 0.333. The summed E-state index contributed by atoms with van der Waals surface area (Å²) in [5.41, 5.74) is 7.09. The van der Waals surface area contributed by atoms with E-state index in [1.807, 2.05) is 13.0 Å². The van der Waals surface area contributed by atoms with Crippen LogP contribution in [-0.4, -0.2) is 0 Å². The van der Waals surface area contributed by atoms with Gasteiger partial charge in [-0.3, -0.25) is 0 Å². The largest absolute Gasteiger partial charge is 0.324 e. The van der Waals surface area contributed by atoms with Crippen molar-refractivity contribution in [3.63, 3.8) is 0 Å². The molecule has 0 aliphatic heterocycles. The minimum Gasteiger partial charge on any atom is -0.324 e. The van der Waals surface area contributed by atoms with Gasteiger partial charge in [-0.05, 0) is 31.5 Å². The number of rotatable bonds is 1. The number of hydrogen-bond donors (Lipinski definition) is 1. The number of hydrogen-bond acceptors (Lipinski definition) is 1. The lowest BCUT2D eigenvalue weighted by Gasteiger charge is -2.10. The second-order valence-electron chi connectivity index (χ2n) is 2.91. The zero-order valence-corrected chi connectivity index (χ0v) is 8.65. The van der Waals surface area contributed by atoms with E-state index in [1.54, 1.807) is 6.92 Å². The van der Waals surface area contributed by atoms with Gasteiger partial charge >= 0.3 is 0 Å². The predicted octanol–water partition coefficient (Wildman–Crippen LogP) is 2.92. The van der Waals surface area contributed by atoms with E-state index >= 15 is 0 Å². The molecule has 66 valence electrons. The third-order valence-corrected chi connectivity index (χ3v) is 2.21. The Morgan fingerprint density at radius 3 is 2.50 bits per heavy atom. The van der Waals surface area contributed by atoms with Crippen LogP contribution in [0, 0.1) is 12.7 Å². The van der Waals surface area contributed by atoms with Crippen molar-refractivity contribution in [1.29, 1.82) is 0 Å². The summed E-state index contributed by atoms with van der Waals surface area (Å²) in [6, 6.07) is 3.05. The molecule has 12 heavy (non-hydrogen) atoms. The summed E-state index contributed by atoms with van der Waals surface area (Å²) in [6.07, 6.45) is 0. The highest BCUT2D eigenvalue weighted by Crippen LogP contribution is 2.23. The first-order valence-electron chi connectivity index (χ1n) is 3.73. The molecule has 0 fully saturated rings. The molecule has 0 aliphatic carbocycles. The molecule has 0 aliphatic rings. The van der Waals surface area contributed by atoms with Gasteiger partial charge in [0.25, 0.3) is 0 Å². The zero-order chi connectivity index (χ0) is 9.30. The van der Waals surface area contributed by atoms with E-state index in [0.29, 0.717) is 5.56 Å². The Kier molecular flexibility index (Phi) is 2.85. The average molecular weight is 232 g/mol. The van der Waals surface area contributed by atoms with Gasteiger partial charge in [-0.2, -0.15) is 0 Å². The maximum atomic E-state index is 13.3. The third kappa shape index (κ3) is 1.84. The molecule has 1 aromatic rings. The summed E-state index contributed by atoms with van der Waals surface area (Å²) >= 11 is 3.22. The number of benzene rings is 1. The molecule has 0 bridgehead atoms. The molecule has 1 nitrogen and oxygen atoms in total. The van der Waals surface area contributed by atoms with Gasteiger partial charge in [0.2, 0.25) is 0 Å². The Morgan fingerprint density at radius 2 is 2.08 bits per heavy atom. The average Bonchev–Trinajstić information content (AvgIpc) is 1.82. The molecule has 0 spiro atoms. The summed E-state index contributed by atoms with van der Waals surface area (Å²) in [5, 5.41) is 0. The van der Waals surface area contributed by atoms with Crippen LogP contribution in [0.4, 0.5) is 4.39 Å². The molecule has 0 saturated heterocycles. The van der Waals surface area contributed by atoms with Crippen LogP contribution < -0.4 is 5.73 Å². The summed E-state index contributed by atoms with van der Waals surface area (Å²) in [6.45, 7) is 3.63. The first kappa shape index (κ1) is 9.68. The quantitative estimate of drug-likeness (QED) is 0.791. The Hall–Kier alpha value is -0.410. The number of aryl methyl sites for hydroxylation is 1. The lowest BCUT2D eigenvalue weighted by atomic mass is 10.0. The van der Waals surface area contributed by atoms with Crippen LogP contribution >= 0.6 is 15.9 Å². The standard InChI is InChI=1S/C9H11BrFN/c1-5-3-7(10)4-8(11)9(5)6(2)12/h3-4,6H,12H2,1-2H3/t6-/m1/s1. The Bertz CT molecular complexity index is 274. The molecule has 1 atom stereocenters. The predicted molar refractivity (Wildman–Crippen MR) is 51.4 cm³/mol. The van der Waals surface area contributed by atoms with Gasteiger partial charge < -0.3 is 5.73 Å². The number of halogens is 2. The van der Waals surface area contributed by atoms with E-state index in [0.717, 1.165) is 10.0 Å².